The van der Waals surface area contributed by atoms with E-state index >= 15 is 0 Å². The van der Waals surface area contributed by atoms with Gasteiger partial charge in [-0.05, 0) is 56.2 Å². The Morgan fingerprint density at radius 3 is 2.30 bits per heavy atom. The third-order valence-electron chi connectivity index (χ3n) is 5.38. The molecule has 27 heavy (non-hydrogen) atoms. The van der Waals surface area contributed by atoms with E-state index in [4.69, 9.17) is 0 Å². The van der Waals surface area contributed by atoms with Crippen molar-refractivity contribution in [1.82, 2.24) is 4.90 Å². The van der Waals surface area contributed by atoms with Crippen molar-refractivity contribution in [2.45, 2.75) is 37.5 Å². The van der Waals surface area contributed by atoms with E-state index in [0.717, 1.165) is 31.9 Å². The predicted octanol–water partition coefficient (Wildman–Crippen LogP) is 3.88. The Morgan fingerprint density at radius 2 is 1.67 bits per heavy atom. The van der Waals surface area contributed by atoms with Gasteiger partial charge in [-0.25, -0.2) is 8.42 Å². The zero-order valence-electron chi connectivity index (χ0n) is 16.0. The molecule has 1 aliphatic heterocycles. The maximum atomic E-state index is 12.8. The molecule has 1 saturated heterocycles. The van der Waals surface area contributed by atoms with Crippen molar-refractivity contribution >= 4 is 15.7 Å². The summed E-state index contributed by atoms with van der Waals surface area (Å²) in [5.41, 5.74) is 2.93. The van der Waals surface area contributed by atoms with Crippen LogP contribution in [0.3, 0.4) is 0 Å². The Balaban J connectivity index is 1.58. The van der Waals surface area contributed by atoms with Gasteiger partial charge in [-0.15, -0.1) is 0 Å². The quantitative estimate of drug-likeness (QED) is 0.785. The zero-order chi connectivity index (χ0) is 19.4. The molecule has 0 atom stereocenters. The summed E-state index contributed by atoms with van der Waals surface area (Å²) in [7, 11) is -3.42. The van der Waals surface area contributed by atoms with Gasteiger partial charge in [-0.2, -0.15) is 0 Å². The second-order valence-electron chi connectivity index (χ2n) is 7.53. The summed E-state index contributed by atoms with van der Waals surface area (Å²) in [4.78, 5) is 14.8. The molecule has 1 fully saturated rings. The fourth-order valence-corrected chi connectivity index (χ4v) is 4.57. The Morgan fingerprint density at radius 1 is 1.04 bits per heavy atom. The fourth-order valence-electron chi connectivity index (χ4n) is 3.69. The van der Waals surface area contributed by atoms with Gasteiger partial charge in [0.15, 0.2) is 9.84 Å². The smallest absolute Gasteiger partial charge is 0.255 e. The summed E-state index contributed by atoms with van der Waals surface area (Å²) >= 11 is 0. The van der Waals surface area contributed by atoms with Gasteiger partial charge in [0.25, 0.3) is 5.91 Å². The predicted molar refractivity (Wildman–Crippen MR) is 108 cm³/mol. The van der Waals surface area contributed by atoms with Crippen LogP contribution >= 0.6 is 0 Å². The molecule has 3 rings (SSSR count). The van der Waals surface area contributed by atoms with Gasteiger partial charge in [0.1, 0.15) is 0 Å². The zero-order valence-corrected chi connectivity index (χ0v) is 16.8. The third kappa shape index (κ3) is 4.98. The molecule has 0 saturated carbocycles. The first-order chi connectivity index (χ1) is 12.8. The van der Waals surface area contributed by atoms with Crippen molar-refractivity contribution in [3.05, 3.63) is 65.2 Å². The topological polar surface area (TPSA) is 54.5 Å². The molecule has 0 radical (unpaired) electrons. The number of amides is 1. The Kier molecular flexibility index (Phi) is 6.00. The number of aryl methyl sites for hydroxylation is 2. The number of carbonyl (C=O) groups is 1. The molecule has 2 aromatic carbocycles. The molecule has 1 amide bonds. The Labute approximate surface area is 162 Å². The number of piperidine rings is 1. The highest BCUT2D eigenvalue weighted by atomic mass is 32.2. The molecule has 2 aromatic rings. The average Bonchev–Trinajstić information content (AvgIpc) is 2.67. The minimum absolute atomic E-state index is 0.122. The molecule has 144 valence electrons. The van der Waals surface area contributed by atoms with Gasteiger partial charge >= 0.3 is 0 Å². The van der Waals surface area contributed by atoms with Crippen LogP contribution in [0.4, 0.5) is 0 Å². The second-order valence-corrected chi connectivity index (χ2v) is 9.51. The first kappa shape index (κ1) is 19.6. The molecule has 0 bridgehead atoms. The Hall–Kier alpha value is -2.14. The normalized spacial score (nSPS) is 15.7. The molecule has 0 spiro atoms. The van der Waals surface area contributed by atoms with E-state index in [2.05, 4.69) is 31.2 Å². The monoisotopic (exact) mass is 385 g/mol. The highest BCUT2D eigenvalue weighted by Gasteiger charge is 2.26. The van der Waals surface area contributed by atoms with Crippen LogP contribution in [-0.2, 0) is 16.3 Å². The van der Waals surface area contributed by atoms with Gasteiger partial charge in [-0.3, -0.25) is 4.79 Å². The number of hydrogen-bond donors (Lipinski definition) is 0. The van der Waals surface area contributed by atoms with Crippen LogP contribution in [0, 0.1) is 12.8 Å². The maximum Gasteiger partial charge on any atom is 0.255 e. The van der Waals surface area contributed by atoms with E-state index in [1.54, 1.807) is 23.1 Å². The van der Waals surface area contributed by atoms with E-state index in [1.165, 1.54) is 17.2 Å². The number of nitrogens with zero attached hydrogens (tertiary/aromatic N) is 1. The van der Waals surface area contributed by atoms with Gasteiger partial charge in [0, 0.05) is 19.3 Å². The van der Waals surface area contributed by atoms with Crippen LogP contribution in [0.2, 0.25) is 0 Å². The SMILES string of the molecule is Cc1ccc(CCC2CCN(C(=O)c3ccccc3S(C)(=O)=O)CC2)cc1. The number of carbonyl (C=O) groups excluding carboxylic acids is 1. The molecule has 1 heterocycles. The van der Waals surface area contributed by atoms with Gasteiger partial charge in [-0.1, -0.05) is 42.0 Å². The molecule has 1 aliphatic rings. The van der Waals surface area contributed by atoms with Crippen LogP contribution in [0.1, 0.15) is 40.7 Å². The van der Waals surface area contributed by atoms with Crippen LogP contribution in [0.5, 0.6) is 0 Å². The summed E-state index contributed by atoms with van der Waals surface area (Å²) < 4.78 is 23.9. The first-order valence-electron chi connectivity index (χ1n) is 9.48. The highest BCUT2D eigenvalue weighted by molar-refractivity contribution is 7.90. The summed E-state index contributed by atoms with van der Waals surface area (Å²) in [6.45, 7) is 3.48. The summed E-state index contributed by atoms with van der Waals surface area (Å²) in [6.07, 6.45) is 5.29. The first-order valence-corrected chi connectivity index (χ1v) is 11.4. The number of hydrogen-bond acceptors (Lipinski definition) is 3. The number of likely N-dealkylation sites (tertiary alicyclic amines) is 1. The molecular weight excluding hydrogens is 358 g/mol. The lowest BCUT2D eigenvalue weighted by molar-refractivity contribution is 0.0683. The largest absolute Gasteiger partial charge is 0.339 e. The van der Waals surface area contributed by atoms with E-state index in [9.17, 15) is 13.2 Å². The third-order valence-corrected chi connectivity index (χ3v) is 6.54. The van der Waals surface area contributed by atoms with E-state index in [1.807, 2.05) is 0 Å². The minimum atomic E-state index is -3.42. The van der Waals surface area contributed by atoms with Crippen molar-refractivity contribution in [3.8, 4) is 0 Å². The summed E-state index contributed by atoms with van der Waals surface area (Å²) in [5.74, 6) is 0.438. The molecule has 0 N–H and O–H groups in total. The van der Waals surface area contributed by atoms with E-state index in [0.29, 0.717) is 19.0 Å². The lowest BCUT2D eigenvalue weighted by Gasteiger charge is -2.32. The van der Waals surface area contributed by atoms with Crippen LogP contribution in [0.15, 0.2) is 53.4 Å². The summed E-state index contributed by atoms with van der Waals surface area (Å²) in [5, 5.41) is 0. The highest BCUT2D eigenvalue weighted by Crippen LogP contribution is 2.25. The molecule has 0 unspecified atom stereocenters. The van der Waals surface area contributed by atoms with Crippen LogP contribution < -0.4 is 0 Å². The van der Waals surface area contributed by atoms with Crippen LogP contribution in [0.25, 0.3) is 0 Å². The molecule has 0 aliphatic carbocycles. The molecule has 0 aromatic heterocycles. The summed E-state index contributed by atoms with van der Waals surface area (Å²) in [6, 6.07) is 15.2. The van der Waals surface area contributed by atoms with Crippen molar-refractivity contribution < 1.29 is 13.2 Å². The molecule has 5 heteroatoms. The van der Waals surface area contributed by atoms with Crippen molar-refractivity contribution in [2.24, 2.45) is 5.92 Å². The van der Waals surface area contributed by atoms with Gasteiger partial charge < -0.3 is 4.90 Å². The number of rotatable bonds is 5. The molecular formula is C22H27NO3S. The standard InChI is InChI=1S/C22H27NO3S/c1-17-7-9-18(10-8-17)11-12-19-13-15-23(16-14-19)22(24)20-5-3-4-6-21(20)27(2,25)26/h3-10,19H,11-16H2,1-2H3. The average molecular weight is 386 g/mol. The van der Waals surface area contributed by atoms with Crippen molar-refractivity contribution in [2.75, 3.05) is 19.3 Å². The molecule has 4 nitrogen and oxygen atoms in total. The lowest BCUT2D eigenvalue weighted by atomic mass is 9.90. The van der Waals surface area contributed by atoms with Gasteiger partial charge in [0.05, 0.1) is 10.5 Å². The van der Waals surface area contributed by atoms with E-state index in [-0.39, 0.29) is 16.4 Å². The Bertz CT molecular complexity index is 895. The minimum Gasteiger partial charge on any atom is -0.339 e. The maximum absolute atomic E-state index is 12.8. The lowest BCUT2D eigenvalue weighted by Crippen LogP contribution is -2.39. The van der Waals surface area contributed by atoms with Gasteiger partial charge in [0.2, 0.25) is 0 Å². The van der Waals surface area contributed by atoms with Crippen molar-refractivity contribution in [1.29, 1.82) is 0 Å². The van der Waals surface area contributed by atoms with Crippen LogP contribution in [-0.4, -0.2) is 38.6 Å². The van der Waals surface area contributed by atoms with Crippen molar-refractivity contribution in [3.63, 3.8) is 0 Å². The van der Waals surface area contributed by atoms with E-state index < -0.39 is 9.84 Å². The fraction of sp³-hybridized carbons (Fsp3) is 0.409. The number of benzene rings is 2. The number of sulfone groups is 1. The second kappa shape index (κ2) is 8.26.